The fourth-order valence-electron chi connectivity index (χ4n) is 4.00. The van der Waals surface area contributed by atoms with Gasteiger partial charge in [0.2, 0.25) is 0 Å². The van der Waals surface area contributed by atoms with Crippen LogP contribution in [0.3, 0.4) is 0 Å². The van der Waals surface area contributed by atoms with Gasteiger partial charge in [-0.05, 0) is 55.2 Å². The lowest BCUT2D eigenvalue weighted by molar-refractivity contribution is -0.135. The molecule has 1 amide bonds. The molecule has 0 spiro atoms. The number of thiophene rings is 1. The molecular formula is C23H25N3O5S. The van der Waals surface area contributed by atoms with E-state index in [1.807, 2.05) is 32.0 Å². The van der Waals surface area contributed by atoms with E-state index in [4.69, 9.17) is 19.9 Å². The number of pyridine rings is 1. The number of carbonyl (C=O) groups is 2. The number of nitrogens with two attached hydrogens (primary N) is 1. The summed E-state index contributed by atoms with van der Waals surface area (Å²) in [6.45, 7) is 4.42. The summed E-state index contributed by atoms with van der Waals surface area (Å²) in [6, 6.07) is 5.75. The van der Waals surface area contributed by atoms with Crippen molar-refractivity contribution in [3.05, 3.63) is 45.5 Å². The quantitative estimate of drug-likeness (QED) is 0.589. The second-order valence-corrected chi connectivity index (χ2v) is 8.72. The Balaban J connectivity index is 1.44. The van der Waals surface area contributed by atoms with E-state index in [9.17, 15) is 9.59 Å². The SMILES string of the molecule is COc1cc2c(cc1OC)CN(C(=O)COC(=O)c1sc3nc(C)cc(C)c3c1N)CC2. The largest absolute Gasteiger partial charge is 0.493 e. The molecule has 3 heterocycles. The normalized spacial score (nSPS) is 13.1. The van der Waals surface area contributed by atoms with Crippen LogP contribution in [0.25, 0.3) is 10.2 Å². The first kappa shape index (κ1) is 21.9. The molecule has 2 aromatic heterocycles. The summed E-state index contributed by atoms with van der Waals surface area (Å²) in [5.74, 6) is 0.412. The lowest BCUT2D eigenvalue weighted by Crippen LogP contribution is -2.38. The minimum Gasteiger partial charge on any atom is -0.493 e. The summed E-state index contributed by atoms with van der Waals surface area (Å²) in [5, 5.41) is 0.760. The molecule has 168 valence electrons. The van der Waals surface area contributed by atoms with Crippen LogP contribution in [0.1, 0.15) is 32.1 Å². The van der Waals surface area contributed by atoms with Crippen LogP contribution in [-0.2, 0) is 22.5 Å². The van der Waals surface area contributed by atoms with Gasteiger partial charge in [0.05, 0.1) is 19.9 Å². The maximum absolute atomic E-state index is 12.7. The molecule has 1 aliphatic heterocycles. The first-order valence-electron chi connectivity index (χ1n) is 10.2. The summed E-state index contributed by atoms with van der Waals surface area (Å²) in [4.78, 5) is 32.5. The van der Waals surface area contributed by atoms with Gasteiger partial charge in [-0.1, -0.05) is 0 Å². The van der Waals surface area contributed by atoms with Crippen LogP contribution in [0.5, 0.6) is 11.5 Å². The van der Waals surface area contributed by atoms with E-state index in [1.165, 1.54) is 11.3 Å². The minimum atomic E-state index is -0.611. The fourth-order valence-corrected chi connectivity index (χ4v) is 5.11. The first-order chi connectivity index (χ1) is 15.3. The van der Waals surface area contributed by atoms with Crippen LogP contribution in [0.15, 0.2) is 18.2 Å². The number of benzene rings is 1. The molecular weight excluding hydrogens is 430 g/mol. The molecule has 3 aromatic rings. The average molecular weight is 456 g/mol. The fraction of sp³-hybridized carbons (Fsp3) is 0.348. The summed E-state index contributed by atoms with van der Waals surface area (Å²) < 4.78 is 16.0. The Kier molecular flexibility index (Phi) is 5.92. The lowest BCUT2D eigenvalue weighted by atomic mass is 9.99. The summed E-state index contributed by atoms with van der Waals surface area (Å²) >= 11 is 1.18. The second kappa shape index (κ2) is 8.66. The van der Waals surface area contributed by atoms with E-state index in [0.29, 0.717) is 41.5 Å². The Morgan fingerprint density at radius 3 is 2.50 bits per heavy atom. The summed E-state index contributed by atoms with van der Waals surface area (Å²) in [5.41, 5.74) is 10.4. The number of anilines is 1. The van der Waals surface area contributed by atoms with Gasteiger partial charge >= 0.3 is 5.97 Å². The van der Waals surface area contributed by atoms with Crippen molar-refractivity contribution in [1.82, 2.24) is 9.88 Å². The molecule has 0 unspecified atom stereocenters. The minimum absolute atomic E-state index is 0.261. The number of amides is 1. The van der Waals surface area contributed by atoms with Crippen LogP contribution in [0, 0.1) is 13.8 Å². The number of hydrogen-bond donors (Lipinski definition) is 1. The van der Waals surface area contributed by atoms with Crippen molar-refractivity contribution in [2.24, 2.45) is 0 Å². The van der Waals surface area contributed by atoms with E-state index >= 15 is 0 Å². The number of carbonyl (C=O) groups excluding carboxylic acids is 2. The Morgan fingerprint density at radius 2 is 1.81 bits per heavy atom. The first-order valence-corrected chi connectivity index (χ1v) is 11.0. The van der Waals surface area contributed by atoms with Crippen LogP contribution in [0.2, 0.25) is 0 Å². The molecule has 1 aromatic carbocycles. The van der Waals surface area contributed by atoms with E-state index in [2.05, 4.69) is 4.98 Å². The molecule has 0 bridgehead atoms. The molecule has 4 rings (SSSR count). The topological polar surface area (TPSA) is 104 Å². The van der Waals surface area contributed by atoms with Crippen LogP contribution < -0.4 is 15.2 Å². The summed E-state index contributed by atoms with van der Waals surface area (Å²) in [6.07, 6.45) is 0.683. The Labute approximate surface area is 189 Å². The maximum atomic E-state index is 12.7. The highest BCUT2D eigenvalue weighted by atomic mass is 32.1. The zero-order chi connectivity index (χ0) is 23.0. The Morgan fingerprint density at radius 1 is 1.12 bits per heavy atom. The predicted molar refractivity (Wildman–Crippen MR) is 122 cm³/mol. The van der Waals surface area contributed by atoms with E-state index in [-0.39, 0.29) is 17.4 Å². The number of hydrogen-bond acceptors (Lipinski definition) is 8. The number of nitrogens with zero attached hydrogens (tertiary/aromatic N) is 2. The number of ether oxygens (including phenoxy) is 3. The molecule has 0 saturated carbocycles. The standard InChI is InChI=1S/C23H25N3O5S/c1-12-7-13(2)25-22-19(12)20(24)21(32-22)23(28)31-11-18(27)26-6-5-14-8-16(29-3)17(30-4)9-15(14)10-26/h7-9H,5-6,10-11,24H2,1-4H3. The van der Waals surface area contributed by atoms with Gasteiger partial charge < -0.3 is 24.8 Å². The molecule has 8 nitrogen and oxygen atoms in total. The van der Waals surface area contributed by atoms with Crippen molar-refractivity contribution >= 4 is 39.1 Å². The van der Waals surface area contributed by atoms with Gasteiger partial charge in [0, 0.05) is 24.2 Å². The monoisotopic (exact) mass is 455 g/mol. The highest BCUT2D eigenvalue weighted by Crippen LogP contribution is 2.36. The van der Waals surface area contributed by atoms with E-state index in [1.54, 1.807) is 19.1 Å². The van der Waals surface area contributed by atoms with Crippen LogP contribution in [0.4, 0.5) is 5.69 Å². The number of methoxy groups -OCH3 is 2. The van der Waals surface area contributed by atoms with Crippen molar-refractivity contribution in [2.75, 3.05) is 33.1 Å². The third-order valence-corrected chi connectivity index (χ3v) is 6.69. The molecule has 0 atom stereocenters. The van der Waals surface area contributed by atoms with Crippen LogP contribution in [-0.4, -0.2) is 49.1 Å². The lowest BCUT2D eigenvalue weighted by Gasteiger charge is -2.29. The number of rotatable bonds is 5. The van der Waals surface area contributed by atoms with Gasteiger partial charge in [0.1, 0.15) is 9.71 Å². The molecule has 32 heavy (non-hydrogen) atoms. The predicted octanol–water partition coefficient (Wildman–Crippen LogP) is 3.25. The highest BCUT2D eigenvalue weighted by molar-refractivity contribution is 7.21. The Hall–Kier alpha value is -3.33. The van der Waals surface area contributed by atoms with E-state index in [0.717, 1.165) is 27.8 Å². The zero-order valence-electron chi connectivity index (χ0n) is 18.5. The molecule has 2 N–H and O–H groups in total. The number of fused-ring (bicyclic) bond motifs is 2. The van der Waals surface area contributed by atoms with Gasteiger partial charge in [-0.2, -0.15) is 0 Å². The van der Waals surface area contributed by atoms with Gasteiger partial charge in [0.25, 0.3) is 5.91 Å². The molecule has 9 heteroatoms. The summed E-state index contributed by atoms with van der Waals surface area (Å²) in [7, 11) is 3.17. The molecule has 0 aliphatic carbocycles. The zero-order valence-corrected chi connectivity index (χ0v) is 19.3. The van der Waals surface area contributed by atoms with Crippen molar-refractivity contribution in [3.8, 4) is 11.5 Å². The maximum Gasteiger partial charge on any atom is 0.351 e. The molecule has 0 fully saturated rings. The van der Waals surface area contributed by atoms with Gasteiger partial charge in [-0.3, -0.25) is 4.79 Å². The van der Waals surface area contributed by atoms with Crippen molar-refractivity contribution in [1.29, 1.82) is 0 Å². The second-order valence-electron chi connectivity index (χ2n) is 7.72. The number of aryl methyl sites for hydroxylation is 2. The number of aromatic nitrogens is 1. The molecule has 0 saturated heterocycles. The third kappa shape index (κ3) is 3.95. The number of nitrogen functional groups attached to an aromatic ring is 1. The van der Waals surface area contributed by atoms with Gasteiger partial charge in [-0.25, -0.2) is 9.78 Å². The van der Waals surface area contributed by atoms with E-state index < -0.39 is 5.97 Å². The molecule has 0 radical (unpaired) electrons. The van der Waals surface area contributed by atoms with Gasteiger partial charge in [-0.15, -0.1) is 11.3 Å². The Bertz CT molecular complexity index is 1220. The smallest absolute Gasteiger partial charge is 0.351 e. The van der Waals surface area contributed by atoms with Gasteiger partial charge in [0.15, 0.2) is 18.1 Å². The van der Waals surface area contributed by atoms with Crippen LogP contribution >= 0.6 is 11.3 Å². The van der Waals surface area contributed by atoms with Crippen molar-refractivity contribution in [2.45, 2.75) is 26.8 Å². The molecule has 1 aliphatic rings. The average Bonchev–Trinajstić information content (AvgIpc) is 3.12. The van der Waals surface area contributed by atoms with Crippen molar-refractivity contribution < 1.29 is 23.8 Å². The highest BCUT2D eigenvalue weighted by Gasteiger charge is 2.25. The number of esters is 1. The third-order valence-electron chi connectivity index (χ3n) is 5.61. The van der Waals surface area contributed by atoms with Crippen molar-refractivity contribution in [3.63, 3.8) is 0 Å².